The van der Waals surface area contributed by atoms with Gasteiger partial charge >= 0.3 is 0 Å². The molecule has 0 aliphatic heterocycles. The second kappa shape index (κ2) is 2.44. The molecular weight excluding hydrogens is 156 g/mol. The van der Waals surface area contributed by atoms with Gasteiger partial charge in [0.15, 0.2) is 5.52 Å². The number of fused-ring (bicyclic) bond motifs is 1. The molecule has 0 fully saturated rings. The summed E-state index contributed by atoms with van der Waals surface area (Å²) in [5, 5.41) is 7.80. The van der Waals surface area contributed by atoms with Crippen molar-refractivity contribution in [1.82, 2.24) is 19.8 Å². The van der Waals surface area contributed by atoms with Crippen molar-refractivity contribution in [2.45, 2.75) is 13.3 Å². The zero-order chi connectivity index (χ0) is 8.55. The molecule has 0 unspecified atom stereocenters. The number of aryl methyl sites for hydroxylation is 1. The summed E-state index contributed by atoms with van der Waals surface area (Å²) in [5.41, 5.74) is 1.32. The Morgan fingerprint density at radius 1 is 1.58 bits per heavy atom. The summed E-state index contributed by atoms with van der Waals surface area (Å²) in [6, 6.07) is 0. The summed E-state index contributed by atoms with van der Waals surface area (Å²) in [5.74, 6) is 0. The molecule has 2 aromatic heterocycles. The molecule has 0 spiro atoms. The number of hydrogen-bond donors (Lipinski definition) is 1. The minimum absolute atomic E-state index is 0.139. The van der Waals surface area contributed by atoms with Crippen LogP contribution in [0.1, 0.15) is 12.5 Å². The maximum atomic E-state index is 11.3. The van der Waals surface area contributed by atoms with Gasteiger partial charge in [-0.25, -0.2) is 0 Å². The second-order valence-corrected chi connectivity index (χ2v) is 2.48. The molecule has 0 aliphatic carbocycles. The van der Waals surface area contributed by atoms with Gasteiger partial charge in [0.2, 0.25) is 0 Å². The number of rotatable bonds is 1. The van der Waals surface area contributed by atoms with Crippen LogP contribution in [0.3, 0.4) is 0 Å². The van der Waals surface area contributed by atoms with Crippen molar-refractivity contribution in [3.63, 3.8) is 0 Å². The number of aromatic nitrogens is 4. The lowest BCUT2D eigenvalue weighted by atomic mass is 10.2. The number of aromatic amines is 1. The smallest absolute Gasteiger partial charge is 0.277 e. The average Bonchev–Trinajstić information content (AvgIpc) is 2.49. The molecule has 0 radical (unpaired) electrons. The molecule has 5 nitrogen and oxygen atoms in total. The molecule has 2 aromatic rings. The van der Waals surface area contributed by atoms with Crippen LogP contribution < -0.4 is 5.56 Å². The van der Waals surface area contributed by atoms with E-state index in [0.29, 0.717) is 5.52 Å². The van der Waals surface area contributed by atoms with E-state index in [1.807, 2.05) is 6.92 Å². The minimum Gasteiger partial charge on any atom is -0.310 e. The van der Waals surface area contributed by atoms with Crippen LogP contribution >= 0.6 is 0 Å². The van der Waals surface area contributed by atoms with Crippen LogP contribution in [0.4, 0.5) is 0 Å². The highest BCUT2D eigenvalue weighted by Gasteiger charge is 2.05. The molecule has 1 N–H and O–H groups in total. The fourth-order valence-electron chi connectivity index (χ4n) is 1.17. The van der Waals surface area contributed by atoms with Gasteiger partial charge in [0, 0.05) is 5.56 Å². The molecule has 62 valence electrons. The third kappa shape index (κ3) is 0.827. The van der Waals surface area contributed by atoms with E-state index in [0.717, 1.165) is 12.0 Å². The summed E-state index contributed by atoms with van der Waals surface area (Å²) in [6.45, 7) is 1.98. The number of hydrogen-bond acceptors (Lipinski definition) is 3. The molecule has 2 heterocycles. The number of H-pyrrole nitrogens is 1. The van der Waals surface area contributed by atoms with E-state index in [9.17, 15) is 4.79 Å². The van der Waals surface area contributed by atoms with Gasteiger partial charge in [0.25, 0.3) is 5.56 Å². The second-order valence-electron chi connectivity index (χ2n) is 2.48. The molecule has 0 atom stereocenters. The maximum absolute atomic E-state index is 11.3. The first-order chi connectivity index (χ1) is 5.83. The lowest BCUT2D eigenvalue weighted by molar-refractivity contribution is 0.773. The Morgan fingerprint density at radius 2 is 2.42 bits per heavy atom. The summed E-state index contributed by atoms with van der Waals surface area (Å²) in [4.78, 5) is 13.8. The van der Waals surface area contributed by atoms with Gasteiger partial charge in [-0.05, 0) is 6.42 Å². The topological polar surface area (TPSA) is 63.1 Å². The van der Waals surface area contributed by atoms with Crippen LogP contribution in [0.15, 0.2) is 17.3 Å². The minimum atomic E-state index is -0.139. The summed E-state index contributed by atoms with van der Waals surface area (Å²) in [7, 11) is 0. The van der Waals surface area contributed by atoms with Crippen molar-refractivity contribution in [3.05, 3.63) is 28.4 Å². The lowest BCUT2D eigenvalue weighted by Gasteiger charge is -1.90. The van der Waals surface area contributed by atoms with E-state index in [1.54, 1.807) is 6.20 Å². The Bertz CT molecular complexity index is 456. The van der Waals surface area contributed by atoms with Crippen LogP contribution in [0, 0.1) is 0 Å². The molecule has 2 rings (SSSR count). The van der Waals surface area contributed by atoms with Crippen LogP contribution in [-0.4, -0.2) is 19.8 Å². The molecule has 0 saturated heterocycles. The Hall–Kier alpha value is -1.65. The Morgan fingerprint density at radius 3 is 3.17 bits per heavy atom. The third-order valence-electron chi connectivity index (χ3n) is 1.79. The van der Waals surface area contributed by atoms with Crippen LogP contribution in [0.5, 0.6) is 0 Å². The Labute approximate surface area is 68.0 Å². The quantitative estimate of drug-likeness (QED) is 0.644. The monoisotopic (exact) mass is 164 g/mol. The molecule has 5 heteroatoms. The molecular formula is C7H8N4O. The zero-order valence-corrected chi connectivity index (χ0v) is 6.61. The van der Waals surface area contributed by atoms with E-state index in [-0.39, 0.29) is 5.56 Å². The highest BCUT2D eigenvalue weighted by atomic mass is 16.1. The Kier molecular flexibility index (Phi) is 1.43. The van der Waals surface area contributed by atoms with E-state index in [1.165, 1.54) is 11.0 Å². The molecule has 0 amide bonds. The number of nitrogens with zero attached hydrogens (tertiary/aromatic N) is 3. The third-order valence-corrected chi connectivity index (χ3v) is 1.79. The average molecular weight is 164 g/mol. The van der Waals surface area contributed by atoms with Gasteiger partial charge in [-0.2, -0.15) is 5.10 Å². The highest BCUT2D eigenvalue weighted by molar-refractivity contribution is 5.50. The SMILES string of the molecule is CCc1cnn2nc[nH]c(=O)c12. The van der Waals surface area contributed by atoms with Gasteiger partial charge in [0.05, 0.1) is 6.20 Å². The summed E-state index contributed by atoms with van der Waals surface area (Å²) >= 11 is 0. The summed E-state index contributed by atoms with van der Waals surface area (Å²) in [6.07, 6.45) is 3.79. The predicted molar refractivity (Wildman–Crippen MR) is 43.0 cm³/mol. The van der Waals surface area contributed by atoms with Crippen LogP contribution in [0.2, 0.25) is 0 Å². The first kappa shape index (κ1) is 7.02. The van der Waals surface area contributed by atoms with Crippen LogP contribution in [-0.2, 0) is 6.42 Å². The molecule has 0 saturated carbocycles. The first-order valence-corrected chi connectivity index (χ1v) is 3.73. The normalized spacial score (nSPS) is 10.8. The van der Waals surface area contributed by atoms with Crippen molar-refractivity contribution < 1.29 is 0 Å². The van der Waals surface area contributed by atoms with Crippen molar-refractivity contribution in [1.29, 1.82) is 0 Å². The van der Waals surface area contributed by atoms with Crippen LogP contribution in [0.25, 0.3) is 5.52 Å². The zero-order valence-electron chi connectivity index (χ0n) is 6.61. The van der Waals surface area contributed by atoms with Gasteiger partial charge in [-0.1, -0.05) is 6.92 Å². The fraction of sp³-hybridized carbons (Fsp3) is 0.286. The first-order valence-electron chi connectivity index (χ1n) is 3.73. The van der Waals surface area contributed by atoms with Crippen molar-refractivity contribution >= 4 is 5.52 Å². The standard InChI is InChI=1S/C7H8N4O/c1-2-5-3-9-11-6(5)7(12)8-4-10-11/h3-4H,2H2,1H3,(H,8,10,12). The summed E-state index contributed by atoms with van der Waals surface area (Å²) < 4.78 is 1.34. The van der Waals surface area contributed by atoms with Crippen molar-refractivity contribution in [2.24, 2.45) is 0 Å². The Balaban J connectivity index is 2.92. The number of nitrogens with one attached hydrogen (secondary N) is 1. The molecule has 0 aromatic carbocycles. The van der Waals surface area contributed by atoms with E-state index in [4.69, 9.17) is 0 Å². The van der Waals surface area contributed by atoms with Gasteiger partial charge in [-0.15, -0.1) is 9.73 Å². The van der Waals surface area contributed by atoms with E-state index < -0.39 is 0 Å². The van der Waals surface area contributed by atoms with E-state index >= 15 is 0 Å². The van der Waals surface area contributed by atoms with Gasteiger partial charge < -0.3 is 4.98 Å². The largest absolute Gasteiger partial charge is 0.310 e. The van der Waals surface area contributed by atoms with Crippen molar-refractivity contribution in [2.75, 3.05) is 0 Å². The lowest BCUT2D eigenvalue weighted by Crippen LogP contribution is -2.12. The predicted octanol–water partition coefficient (Wildman–Crippen LogP) is -0.0200. The fourth-order valence-corrected chi connectivity index (χ4v) is 1.17. The highest BCUT2D eigenvalue weighted by Crippen LogP contribution is 2.02. The van der Waals surface area contributed by atoms with Gasteiger partial charge in [-0.3, -0.25) is 4.79 Å². The van der Waals surface area contributed by atoms with Gasteiger partial charge in [0.1, 0.15) is 6.33 Å². The van der Waals surface area contributed by atoms with Crippen molar-refractivity contribution in [3.8, 4) is 0 Å². The molecule has 12 heavy (non-hydrogen) atoms. The molecule has 0 bridgehead atoms. The maximum Gasteiger partial charge on any atom is 0.277 e. The molecule has 0 aliphatic rings. The van der Waals surface area contributed by atoms with E-state index in [2.05, 4.69) is 15.2 Å².